The Bertz CT molecular complexity index is 415. The van der Waals surface area contributed by atoms with Crippen LogP contribution in [-0.4, -0.2) is 17.7 Å². The van der Waals surface area contributed by atoms with Gasteiger partial charge in [-0.25, -0.2) is 4.98 Å². The summed E-state index contributed by atoms with van der Waals surface area (Å²) in [5.74, 6) is 0. The zero-order valence-electron chi connectivity index (χ0n) is 11.0. The van der Waals surface area contributed by atoms with Gasteiger partial charge in [0, 0.05) is 17.7 Å². The predicted octanol–water partition coefficient (Wildman–Crippen LogP) is 4.02. The minimum absolute atomic E-state index is 0.0155. The van der Waals surface area contributed by atoms with Gasteiger partial charge in [0.15, 0.2) is 0 Å². The zero-order chi connectivity index (χ0) is 13.9. The molecule has 1 aromatic heterocycles. The van der Waals surface area contributed by atoms with Crippen LogP contribution in [0.2, 0.25) is 0 Å². The van der Waals surface area contributed by atoms with Crippen LogP contribution in [0, 0.1) is 0 Å². The molecule has 2 rings (SSSR count). The molecule has 0 amide bonds. The van der Waals surface area contributed by atoms with Crippen LogP contribution in [0.25, 0.3) is 0 Å². The average molecular weight is 292 g/mol. The van der Waals surface area contributed by atoms with Crippen LogP contribution in [0.1, 0.15) is 54.2 Å². The number of alkyl halides is 3. The molecular weight excluding hydrogens is 273 g/mol. The van der Waals surface area contributed by atoms with Crippen molar-refractivity contribution in [2.45, 2.75) is 57.7 Å². The summed E-state index contributed by atoms with van der Waals surface area (Å²) < 4.78 is 36.7. The number of nitrogens with one attached hydrogen (secondary N) is 1. The summed E-state index contributed by atoms with van der Waals surface area (Å²) in [6, 6.07) is 0.236. The maximum Gasteiger partial charge on any atom is 0.389 e. The van der Waals surface area contributed by atoms with Gasteiger partial charge in [0.2, 0.25) is 0 Å². The van der Waals surface area contributed by atoms with Crippen molar-refractivity contribution in [3.8, 4) is 0 Å². The second-order valence-electron chi connectivity index (χ2n) is 4.93. The Hall–Kier alpha value is -0.620. The van der Waals surface area contributed by atoms with Crippen molar-refractivity contribution >= 4 is 11.3 Å². The molecule has 0 aromatic carbocycles. The topological polar surface area (TPSA) is 24.9 Å². The number of thiazole rings is 1. The molecule has 1 aliphatic rings. The summed E-state index contributed by atoms with van der Waals surface area (Å²) in [5.41, 5.74) is 1.00. The Kier molecular flexibility index (Phi) is 4.84. The monoisotopic (exact) mass is 292 g/mol. The van der Waals surface area contributed by atoms with Gasteiger partial charge < -0.3 is 5.32 Å². The molecule has 0 bridgehead atoms. The first-order valence-corrected chi connectivity index (χ1v) is 7.60. The van der Waals surface area contributed by atoms with Crippen LogP contribution in [-0.2, 0) is 12.8 Å². The Morgan fingerprint density at radius 1 is 1.42 bits per heavy atom. The van der Waals surface area contributed by atoms with Gasteiger partial charge in [0.05, 0.1) is 16.7 Å². The first-order chi connectivity index (χ1) is 8.99. The lowest BCUT2D eigenvalue weighted by molar-refractivity contribution is -0.134. The molecule has 1 aliphatic carbocycles. The van der Waals surface area contributed by atoms with Crippen LogP contribution in [0.4, 0.5) is 13.2 Å². The van der Waals surface area contributed by atoms with Gasteiger partial charge in [-0.15, -0.1) is 11.3 Å². The first kappa shape index (κ1) is 14.8. The van der Waals surface area contributed by atoms with E-state index >= 15 is 0 Å². The summed E-state index contributed by atoms with van der Waals surface area (Å²) in [6.45, 7) is 3.03. The lowest BCUT2D eigenvalue weighted by atomic mass is 9.97. The van der Waals surface area contributed by atoms with Crippen LogP contribution in [0.5, 0.6) is 0 Å². The van der Waals surface area contributed by atoms with Gasteiger partial charge in [-0.05, 0) is 32.2 Å². The molecule has 2 nitrogen and oxygen atoms in total. The second-order valence-corrected chi connectivity index (χ2v) is 6.10. The summed E-state index contributed by atoms with van der Waals surface area (Å²) >= 11 is 1.46. The molecule has 0 radical (unpaired) electrons. The molecular formula is C13H19F3N2S. The van der Waals surface area contributed by atoms with Gasteiger partial charge >= 0.3 is 6.18 Å². The van der Waals surface area contributed by atoms with E-state index in [2.05, 4.69) is 17.2 Å². The lowest BCUT2D eigenvalue weighted by Gasteiger charge is -2.22. The molecule has 108 valence electrons. The number of fused-ring (bicyclic) bond motifs is 1. The molecule has 1 atom stereocenters. The smallest absolute Gasteiger partial charge is 0.309 e. The van der Waals surface area contributed by atoms with Crippen molar-refractivity contribution in [1.29, 1.82) is 0 Å². The second kappa shape index (κ2) is 6.22. The van der Waals surface area contributed by atoms with Crippen molar-refractivity contribution in [2.24, 2.45) is 0 Å². The minimum atomic E-state index is -4.09. The number of aryl methyl sites for hydroxylation is 2. The van der Waals surface area contributed by atoms with E-state index in [0.29, 0.717) is 5.01 Å². The van der Waals surface area contributed by atoms with E-state index < -0.39 is 12.6 Å². The van der Waals surface area contributed by atoms with E-state index in [1.54, 1.807) is 0 Å². The van der Waals surface area contributed by atoms with Crippen LogP contribution in [0.3, 0.4) is 0 Å². The van der Waals surface area contributed by atoms with E-state index in [0.717, 1.165) is 37.9 Å². The number of hydrogen-bond acceptors (Lipinski definition) is 3. The Morgan fingerprint density at radius 3 is 2.89 bits per heavy atom. The molecule has 0 spiro atoms. The van der Waals surface area contributed by atoms with E-state index in [-0.39, 0.29) is 12.5 Å². The third-order valence-electron chi connectivity index (χ3n) is 3.26. The van der Waals surface area contributed by atoms with Crippen molar-refractivity contribution in [3.63, 3.8) is 0 Å². The van der Waals surface area contributed by atoms with Gasteiger partial charge in [0.25, 0.3) is 0 Å². The van der Waals surface area contributed by atoms with Crippen LogP contribution in [0.15, 0.2) is 0 Å². The zero-order valence-corrected chi connectivity index (χ0v) is 11.8. The predicted molar refractivity (Wildman–Crippen MR) is 70.5 cm³/mol. The van der Waals surface area contributed by atoms with Gasteiger partial charge in [-0.3, -0.25) is 0 Å². The van der Waals surface area contributed by atoms with E-state index in [4.69, 9.17) is 0 Å². The Morgan fingerprint density at radius 2 is 2.21 bits per heavy atom. The molecule has 6 heteroatoms. The van der Waals surface area contributed by atoms with Crippen molar-refractivity contribution in [3.05, 3.63) is 15.6 Å². The van der Waals surface area contributed by atoms with E-state index in [1.165, 1.54) is 16.2 Å². The third-order valence-corrected chi connectivity index (χ3v) is 4.45. The normalized spacial score (nSPS) is 19.5. The van der Waals surface area contributed by atoms with Gasteiger partial charge in [0.1, 0.15) is 0 Å². The number of hydrogen-bond donors (Lipinski definition) is 1. The molecule has 0 saturated carbocycles. The molecule has 19 heavy (non-hydrogen) atoms. The van der Waals surface area contributed by atoms with Gasteiger partial charge in [-0.1, -0.05) is 6.92 Å². The minimum Gasteiger partial charge on any atom is -0.309 e. The average Bonchev–Trinajstić information content (AvgIpc) is 2.76. The summed E-state index contributed by atoms with van der Waals surface area (Å²) in [4.78, 5) is 5.62. The first-order valence-electron chi connectivity index (χ1n) is 6.78. The third kappa shape index (κ3) is 4.18. The Labute approximate surface area is 115 Å². The number of nitrogens with zero attached hydrogens (tertiary/aromatic N) is 1. The molecule has 0 fully saturated rings. The number of aromatic nitrogens is 1. The van der Waals surface area contributed by atoms with Crippen LogP contribution >= 0.6 is 11.3 Å². The highest BCUT2D eigenvalue weighted by Crippen LogP contribution is 2.34. The van der Waals surface area contributed by atoms with Crippen molar-refractivity contribution in [2.75, 3.05) is 6.54 Å². The van der Waals surface area contributed by atoms with Crippen LogP contribution < -0.4 is 5.32 Å². The fourth-order valence-corrected chi connectivity index (χ4v) is 3.51. The molecule has 1 heterocycles. The lowest BCUT2D eigenvalue weighted by Crippen LogP contribution is -2.25. The summed E-state index contributed by atoms with van der Waals surface area (Å²) in [6.07, 6.45) is -0.703. The van der Waals surface area contributed by atoms with Crippen molar-refractivity contribution < 1.29 is 13.2 Å². The fraction of sp³-hybridized carbons (Fsp3) is 0.769. The van der Waals surface area contributed by atoms with Crippen molar-refractivity contribution in [1.82, 2.24) is 10.3 Å². The van der Waals surface area contributed by atoms with E-state index in [9.17, 15) is 13.2 Å². The quantitative estimate of drug-likeness (QED) is 0.886. The summed E-state index contributed by atoms with van der Waals surface area (Å²) in [5, 5.41) is 4.07. The molecule has 0 aliphatic heterocycles. The molecule has 1 unspecified atom stereocenters. The SMILES string of the molecule is CCCNC1CCCc2sc(CCC(F)(F)F)nc21. The highest BCUT2D eigenvalue weighted by molar-refractivity contribution is 7.11. The summed E-state index contributed by atoms with van der Waals surface area (Å²) in [7, 11) is 0. The molecule has 1 N–H and O–H groups in total. The largest absolute Gasteiger partial charge is 0.389 e. The number of halogens is 3. The highest BCUT2D eigenvalue weighted by Gasteiger charge is 2.29. The van der Waals surface area contributed by atoms with E-state index in [1.807, 2.05) is 0 Å². The fourth-order valence-electron chi connectivity index (χ4n) is 2.34. The maximum atomic E-state index is 12.2. The molecule has 0 saturated heterocycles. The molecule has 1 aromatic rings. The standard InChI is InChI=1S/C13H19F3N2S/c1-2-8-17-9-4-3-5-10-12(9)18-11(19-10)6-7-13(14,15)16/h9,17H,2-8H2,1H3. The van der Waals surface area contributed by atoms with Gasteiger partial charge in [-0.2, -0.15) is 13.2 Å². The Balaban J connectivity index is 2.03. The highest BCUT2D eigenvalue weighted by atomic mass is 32.1. The maximum absolute atomic E-state index is 12.2. The number of rotatable bonds is 5.